The largest absolute Gasteiger partial charge is 0.418 e. The monoisotopic (exact) mass is 303 g/mol. The van der Waals surface area contributed by atoms with Gasteiger partial charge in [0.25, 0.3) is 0 Å². The van der Waals surface area contributed by atoms with Gasteiger partial charge in [-0.25, -0.2) is 4.79 Å². The summed E-state index contributed by atoms with van der Waals surface area (Å²) in [5, 5.41) is 4.79. The van der Waals surface area contributed by atoms with Gasteiger partial charge in [0, 0.05) is 6.54 Å². The maximum atomic E-state index is 12.8. The van der Waals surface area contributed by atoms with E-state index in [-0.39, 0.29) is 11.1 Å². The van der Waals surface area contributed by atoms with Crippen molar-refractivity contribution in [3.63, 3.8) is 0 Å². The average Bonchev–Trinajstić information content (AvgIpc) is 2.36. The van der Waals surface area contributed by atoms with Crippen LogP contribution in [-0.4, -0.2) is 19.1 Å². The van der Waals surface area contributed by atoms with Gasteiger partial charge in [0.1, 0.15) is 0 Å². The van der Waals surface area contributed by atoms with Crippen LogP contribution in [0.15, 0.2) is 24.3 Å². The van der Waals surface area contributed by atoms with Crippen molar-refractivity contribution >= 4 is 11.7 Å². The molecular weight excluding hydrogens is 283 g/mol. The molecule has 4 N–H and O–H groups in total. The fourth-order valence-electron chi connectivity index (χ4n) is 1.80. The van der Waals surface area contributed by atoms with Crippen molar-refractivity contribution in [1.29, 1.82) is 0 Å². The number of alkyl halides is 3. The third-order valence-corrected chi connectivity index (χ3v) is 3.03. The van der Waals surface area contributed by atoms with Crippen molar-refractivity contribution in [3.05, 3.63) is 29.8 Å². The molecule has 7 heteroatoms. The lowest BCUT2D eigenvalue weighted by Gasteiger charge is -2.24. The fraction of sp³-hybridized carbons (Fsp3) is 0.500. The topological polar surface area (TPSA) is 67.1 Å². The van der Waals surface area contributed by atoms with Crippen molar-refractivity contribution in [2.45, 2.75) is 26.4 Å². The first kappa shape index (κ1) is 17.3. The predicted octanol–water partition coefficient (Wildman–Crippen LogP) is 3.20. The summed E-state index contributed by atoms with van der Waals surface area (Å²) < 4.78 is 38.4. The number of carbonyl (C=O) groups excluding carboxylic acids is 1. The Bertz CT molecular complexity index is 487. The molecule has 4 nitrogen and oxygen atoms in total. The number of rotatable bonds is 5. The zero-order valence-corrected chi connectivity index (χ0v) is 12.1. The van der Waals surface area contributed by atoms with Gasteiger partial charge >= 0.3 is 12.2 Å². The minimum Gasteiger partial charge on any atom is -0.337 e. The summed E-state index contributed by atoms with van der Waals surface area (Å²) in [4.78, 5) is 11.7. The number of benzene rings is 1. The molecule has 2 amide bonds. The molecule has 0 unspecified atom stereocenters. The van der Waals surface area contributed by atoms with E-state index in [0.29, 0.717) is 19.5 Å². The molecular formula is C14H20F3N3O. The molecule has 0 radical (unpaired) electrons. The van der Waals surface area contributed by atoms with Gasteiger partial charge in [-0.2, -0.15) is 13.2 Å². The normalized spacial score (nSPS) is 12.1. The molecule has 0 aromatic heterocycles. The smallest absolute Gasteiger partial charge is 0.337 e. The number of nitrogens with one attached hydrogen (secondary N) is 2. The zero-order chi connectivity index (χ0) is 16.1. The highest BCUT2D eigenvalue weighted by Gasteiger charge is 2.33. The molecule has 0 spiro atoms. The van der Waals surface area contributed by atoms with Crippen LogP contribution in [0.25, 0.3) is 0 Å². The predicted molar refractivity (Wildman–Crippen MR) is 75.9 cm³/mol. The maximum Gasteiger partial charge on any atom is 0.418 e. The molecule has 0 bridgehead atoms. The molecule has 0 saturated heterocycles. The first-order chi connectivity index (χ1) is 9.65. The molecule has 0 heterocycles. The molecule has 1 aromatic rings. The van der Waals surface area contributed by atoms with Gasteiger partial charge in [-0.3, -0.25) is 0 Å². The van der Waals surface area contributed by atoms with E-state index in [0.717, 1.165) is 6.07 Å². The quantitative estimate of drug-likeness (QED) is 0.782. The van der Waals surface area contributed by atoms with Gasteiger partial charge in [-0.1, -0.05) is 26.0 Å². The number of para-hydroxylation sites is 1. The van der Waals surface area contributed by atoms with Crippen LogP contribution in [0.1, 0.15) is 25.8 Å². The molecule has 0 aliphatic carbocycles. The number of hydrogen-bond acceptors (Lipinski definition) is 2. The van der Waals surface area contributed by atoms with Crippen LogP contribution in [0.3, 0.4) is 0 Å². The number of nitrogens with two attached hydrogens (primary N) is 1. The van der Waals surface area contributed by atoms with E-state index in [1.165, 1.54) is 18.2 Å². The lowest BCUT2D eigenvalue weighted by atomic mass is 9.89. The SMILES string of the molecule is CC(C)(CCN)CNC(=O)Nc1ccccc1C(F)(F)F. The third kappa shape index (κ3) is 5.63. The van der Waals surface area contributed by atoms with Crippen LogP contribution in [0.2, 0.25) is 0 Å². The summed E-state index contributed by atoms with van der Waals surface area (Å²) in [6.45, 7) is 4.64. The lowest BCUT2D eigenvalue weighted by molar-refractivity contribution is -0.136. The standard InChI is InChI=1S/C14H20F3N3O/c1-13(2,7-8-18)9-19-12(21)20-11-6-4-3-5-10(11)14(15,16)17/h3-6H,7-9,18H2,1-2H3,(H2,19,20,21). The van der Waals surface area contributed by atoms with Crippen LogP contribution in [0.5, 0.6) is 0 Å². The van der Waals surface area contributed by atoms with Crippen LogP contribution in [0, 0.1) is 5.41 Å². The van der Waals surface area contributed by atoms with Gasteiger partial charge in [0.15, 0.2) is 0 Å². The average molecular weight is 303 g/mol. The van der Waals surface area contributed by atoms with Crippen LogP contribution >= 0.6 is 0 Å². The summed E-state index contributed by atoms with van der Waals surface area (Å²) in [5.41, 5.74) is 4.11. The molecule has 118 valence electrons. The Kier molecular flexibility index (Phi) is 5.60. The molecule has 0 aliphatic rings. The number of halogens is 3. The van der Waals surface area contributed by atoms with E-state index >= 15 is 0 Å². The van der Waals surface area contributed by atoms with E-state index in [4.69, 9.17) is 5.73 Å². The van der Waals surface area contributed by atoms with Gasteiger partial charge < -0.3 is 16.4 Å². The van der Waals surface area contributed by atoms with Crippen molar-refractivity contribution in [3.8, 4) is 0 Å². The van der Waals surface area contributed by atoms with E-state index in [2.05, 4.69) is 10.6 Å². The van der Waals surface area contributed by atoms with E-state index in [9.17, 15) is 18.0 Å². The Balaban J connectivity index is 2.68. The molecule has 0 atom stereocenters. The number of hydrogen-bond donors (Lipinski definition) is 3. The Morgan fingerprint density at radius 3 is 2.43 bits per heavy atom. The Morgan fingerprint density at radius 2 is 1.86 bits per heavy atom. The Labute approximate surface area is 121 Å². The Morgan fingerprint density at radius 1 is 1.24 bits per heavy atom. The van der Waals surface area contributed by atoms with Gasteiger partial charge in [-0.05, 0) is 30.5 Å². The molecule has 0 fully saturated rings. The van der Waals surface area contributed by atoms with Gasteiger partial charge in [0.2, 0.25) is 0 Å². The molecule has 1 rings (SSSR count). The molecule has 21 heavy (non-hydrogen) atoms. The first-order valence-electron chi connectivity index (χ1n) is 6.57. The minimum absolute atomic E-state index is 0.213. The van der Waals surface area contributed by atoms with Crippen molar-refractivity contribution in [2.24, 2.45) is 11.1 Å². The zero-order valence-electron chi connectivity index (χ0n) is 12.1. The highest BCUT2D eigenvalue weighted by atomic mass is 19.4. The number of carbonyl (C=O) groups is 1. The molecule has 0 saturated carbocycles. The minimum atomic E-state index is -4.51. The molecule has 1 aromatic carbocycles. The number of urea groups is 1. The van der Waals surface area contributed by atoms with E-state index < -0.39 is 17.8 Å². The maximum absolute atomic E-state index is 12.8. The highest BCUT2D eigenvalue weighted by Crippen LogP contribution is 2.34. The highest BCUT2D eigenvalue weighted by molar-refractivity contribution is 5.90. The summed E-state index contributed by atoms with van der Waals surface area (Å²) >= 11 is 0. The molecule has 0 aliphatic heterocycles. The van der Waals surface area contributed by atoms with E-state index in [1.807, 2.05) is 13.8 Å². The van der Waals surface area contributed by atoms with Gasteiger partial charge in [0.05, 0.1) is 11.3 Å². The summed E-state index contributed by atoms with van der Waals surface area (Å²) in [5.74, 6) is 0. The second kappa shape index (κ2) is 6.80. The van der Waals surface area contributed by atoms with Crippen molar-refractivity contribution in [2.75, 3.05) is 18.4 Å². The Hall–Kier alpha value is -1.76. The lowest BCUT2D eigenvalue weighted by Crippen LogP contribution is -2.38. The van der Waals surface area contributed by atoms with Gasteiger partial charge in [-0.15, -0.1) is 0 Å². The third-order valence-electron chi connectivity index (χ3n) is 3.03. The van der Waals surface area contributed by atoms with E-state index in [1.54, 1.807) is 0 Å². The summed E-state index contributed by atoms with van der Waals surface area (Å²) in [7, 11) is 0. The fourth-order valence-corrected chi connectivity index (χ4v) is 1.80. The van der Waals surface area contributed by atoms with Crippen LogP contribution in [-0.2, 0) is 6.18 Å². The second-order valence-electron chi connectivity index (χ2n) is 5.55. The number of amides is 2. The van der Waals surface area contributed by atoms with Crippen molar-refractivity contribution in [1.82, 2.24) is 5.32 Å². The summed E-state index contributed by atoms with van der Waals surface area (Å²) in [6, 6.07) is 4.18. The first-order valence-corrected chi connectivity index (χ1v) is 6.57. The number of anilines is 1. The van der Waals surface area contributed by atoms with Crippen LogP contribution < -0.4 is 16.4 Å². The second-order valence-corrected chi connectivity index (χ2v) is 5.55. The van der Waals surface area contributed by atoms with Crippen molar-refractivity contribution < 1.29 is 18.0 Å². The van der Waals surface area contributed by atoms with Crippen LogP contribution in [0.4, 0.5) is 23.7 Å². The summed E-state index contributed by atoms with van der Waals surface area (Å²) in [6.07, 6.45) is -3.81.